The molecular weight excluding hydrogens is 266 g/mol. The van der Waals surface area contributed by atoms with E-state index in [1.807, 2.05) is 0 Å². The second-order valence-corrected chi connectivity index (χ2v) is 6.03. The molecule has 0 bridgehead atoms. The van der Waals surface area contributed by atoms with E-state index in [0.717, 1.165) is 4.31 Å². The van der Waals surface area contributed by atoms with Gasteiger partial charge >= 0.3 is 0 Å². The van der Waals surface area contributed by atoms with E-state index in [4.69, 9.17) is 10.2 Å². The van der Waals surface area contributed by atoms with Gasteiger partial charge in [0.25, 0.3) is 0 Å². The van der Waals surface area contributed by atoms with E-state index in [1.165, 1.54) is 19.2 Å². The fraction of sp³-hybridized carbons (Fsp3) is 0.385. The smallest absolute Gasteiger partial charge is 0.243 e. The minimum atomic E-state index is -3.61. The molecule has 0 amide bonds. The summed E-state index contributed by atoms with van der Waals surface area (Å²) >= 11 is 0. The predicted molar refractivity (Wildman–Crippen MR) is 71.9 cm³/mol. The van der Waals surface area contributed by atoms with Crippen LogP contribution < -0.4 is 0 Å². The van der Waals surface area contributed by atoms with E-state index in [-0.39, 0.29) is 18.1 Å². The molecule has 0 aliphatic rings. The summed E-state index contributed by atoms with van der Waals surface area (Å²) in [5, 5.41) is 17.6. The van der Waals surface area contributed by atoms with Gasteiger partial charge in [-0.15, -0.1) is 0 Å². The molecule has 1 atom stereocenters. The topological polar surface area (TPSA) is 77.8 Å². The fourth-order valence-electron chi connectivity index (χ4n) is 1.37. The summed E-state index contributed by atoms with van der Waals surface area (Å²) in [6.45, 7) is 1.14. The molecule has 0 aliphatic carbocycles. The van der Waals surface area contributed by atoms with Gasteiger partial charge in [0.15, 0.2) is 0 Å². The molecule has 5 nitrogen and oxygen atoms in total. The Morgan fingerprint density at radius 2 is 1.84 bits per heavy atom. The molecule has 0 saturated heterocycles. The highest BCUT2D eigenvalue weighted by atomic mass is 32.2. The first-order valence-electron chi connectivity index (χ1n) is 5.72. The molecule has 1 aromatic rings. The van der Waals surface area contributed by atoms with Crippen LogP contribution in [0.25, 0.3) is 0 Å². The molecule has 2 N–H and O–H groups in total. The van der Waals surface area contributed by atoms with Gasteiger partial charge in [0.05, 0.1) is 11.5 Å². The standard InChI is InChI=1S/C13H17NO4S/c1-11(10-16)14(2)19(17,18)13-7-5-12(6-8-13)4-3-9-15/h5-8,11,15-16H,9-10H2,1-2H3. The van der Waals surface area contributed by atoms with Crippen molar-refractivity contribution in [2.75, 3.05) is 20.3 Å². The van der Waals surface area contributed by atoms with Crippen LogP contribution >= 0.6 is 0 Å². The van der Waals surface area contributed by atoms with E-state index in [9.17, 15) is 8.42 Å². The number of sulfonamides is 1. The summed E-state index contributed by atoms with van der Waals surface area (Å²) in [6.07, 6.45) is 0. The van der Waals surface area contributed by atoms with Crippen LogP contribution in [0.15, 0.2) is 29.2 Å². The molecule has 0 heterocycles. The second-order valence-electron chi connectivity index (χ2n) is 4.04. The fourth-order valence-corrected chi connectivity index (χ4v) is 2.72. The molecular formula is C13H17NO4S. The average Bonchev–Trinajstić information content (AvgIpc) is 2.43. The van der Waals surface area contributed by atoms with Crippen molar-refractivity contribution in [2.45, 2.75) is 17.9 Å². The van der Waals surface area contributed by atoms with Gasteiger partial charge in [0, 0.05) is 18.7 Å². The Morgan fingerprint density at radius 3 is 2.32 bits per heavy atom. The summed E-state index contributed by atoms with van der Waals surface area (Å²) in [7, 11) is -2.19. The van der Waals surface area contributed by atoms with Crippen molar-refractivity contribution in [3.05, 3.63) is 29.8 Å². The Labute approximate surface area is 113 Å². The maximum Gasteiger partial charge on any atom is 0.243 e. The van der Waals surface area contributed by atoms with Crippen LogP contribution in [0.4, 0.5) is 0 Å². The summed E-state index contributed by atoms with van der Waals surface area (Å²) in [5.74, 6) is 5.17. The van der Waals surface area contributed by atoms with E-state index in [0.29, 0.717) is 5.56 Å². The Morgan fingerprint density at radius 1 is 1.26 bits per heavy atom. The van der Waals surface area contributed by atoms with Crippen LogP contribution in [-0.2, 0) is 10.0 Å². The van der Waals surface area contributed by atoms with E-state index >= 15 is 0 Å². The van der Waals surface area contributed by atoms with E-state index in [2.05, 4.69) is 11.8 Å². The third-order valence-electron chi connectivity index (χ3n) is 2.73. The van der Waals surface area contributed by atoms with Crippen LogP contribution in [0, 0.1) is 11.8 Å². The van der Waals surface area contributed by atoms with E-state index in [1.54, 1.807) is 19.1 Å². The largest absolute Gasteiger partial charge is 0.395 e. The van der Waals surface area contributed by atoms with Crippen molar-refractivity contribution in [1.29, 1.82) is 0 Å². The maximum absolute atomic E-state index is 12.2. The highest BCUT2D eigenvalue weighted by Gasteiger charge is 2.24. The molecule has 19 heavy (non-hydrogen) atoms. The Hall–Kier alpha value is -1.39. The zero-order valence-electron chi connectivity index (χ0n) is 10.9. The number of rotatable bonds is 4. The van der Waals surface area contributed by atoms with E-state index < -0.39 is 16.1 Å². The molecule has 104 valence electrons. The SMILES string of the molecule is CC(CO)N(C)S(=O)(=O)c1ccc(C#CCO)cc1. The molecule has 1 unspecified atom stereocenters. The number of aliphatic hydroxyl groups excluding tert-OH is 2. The van der Waals surface area contributed by atoms with Crippen LogP contribution in [0.5, 0.6) is 0 Å². The molecule has 0 aromatic heterocycles. The summed E-state index contributed by atoms with van der Waals surface area (Å²) in [6, 6.07) is 5.58. The lowest BCUT2D eigenvalue weighted by molar-refractivity contribution is 0.214. The zero-order chi connectivity index (χ0) is 14.5. The highest BCUT2D eigenvalue weighted by Crippen LogP contribution is 2.16. The number of benzene rings is 1. The molecule has 0 saturated carbocycles. The Kier molecular flexibility index (Phi) is 5.51. The van der Waals surface area contributed by atoms with Gasteiger partial charge in [-0.3, -0.25) is 0 Å². The van der Waals surface area contributed by atoms with Crippen LogP contribution in [0.3, 0.4) is 0 Å². The third-order valence-corrected chi connectivity index (χ3v) is 4.71. The van der Waals surface area contributed by atoms with Gasteiger partial charge in [-0.2, -0.15) is 4.31 Å². The van der Waals surface area contributed by atoms with Crippen LogP contribution in [-0.4, -0.2) is 49.2 Å². The van der Waals surface area contributed by atoms with Gasteiger partial charge in [-0.1, -0.05) is 11.8 Å². The number of aliphatic hydroxyl groups is 2. The highest BCUT2D eigenvalue weighted by molar-refractivity contribution is 7.89. The quantitative estimate of drug-likeness (QED) is 0.764. The average molecular weight is 283 g/mol. The minimum absolute atomic E-state index is 0.143. The van der Waals surface area contributed by atoms with Crippen molar-refractivity contribution in [3.63, 3.8) is 0 Å². The first kappa shape index (κ1) is 15.7. The molecule has 0 spiro atoms. The summed E-state index contributed by atoms with van der Waals surface area (Å²) < 4.78 is 25.5. The third kappa shape index (κ3) is 3.78. The number of hydrogen-bond acceptors (Lipinski definition) is 4. The first-order chi connectivity index (χ1) is 8.93. The first-order valence-corrected chi connectivity index (χ1v) is 7.16. The summed E-state index contributed by atoms with van der Waals surface area (Å²) in [4.78, 5) is 0.143. The normalized spacial score (nSPS) is 12.9. The number of hydrogen-bond donors (Lipinski definition) is 2. The van der Waals surface area contributed by atoms with Crippen molar-refractivity contribution < 1.29 is 18.6 Å². The van der Waals surface area contributed by atoms with Gasteiger partial charge in [0.2, 0.25) is 10.0 Å². The van der Waals surface area contributed by atoms with Gasteiger partial charge in [-0.05, 0) is 31.2 Å². The van der Waals surface area contributed by atoms with Crippen molar-refractivity contribution in [3.8, 4) is 11.8 Å². The number of likely N-dealkylation sites (N-methyl/N-ethyl adjacent to an activating group) is 1. The van der Waals surface area contributed by atoms with Crippen LogP contribution in [0.1, 0.15) is 12.5 Å². The lowest BCUT2D eigenvalue weighted by Crippen LogP contribution is -2.37. The lowest BCUT2D eigenvalue weighted by Gasteiger charge is -2.22. The Bertz CT molecular complexity index is 569. The van der Waals surface area contributed by atoms with Gasteiger partial charge in [-0.25, -0.2) is 8.42 Å². The van der Waals surface area contributed by atoms with Crippen molar-refractivity contribution in [1.82, 2.24) is 4.31 Å². The Balaban J connectivity index is 3.03. The summed E-state index contributed by atoms with van der Waals surface area (Å²) in [5.41, 5.74) is 0.630. The molecule has 6 heteroatoms. The second kappa shape index (κ2) is 6.68. The molecule has 1 aromatic carbocycles. The maximum atomic E-state index is 12.2. The van der Waals surface area contributed by atoms with Crippen molar-refractivity contribution >= 4 is 10.0 Å². The zero-order valence-corrected chi connectivity index (χ0v) is 11.7. The molecule has 0 aliphatic heterocycles. The molecule has 1 rings (SSSR count). The van der Waals surface area contributed by atoms with Gasteiger partial charge < -0.3 is 10.2 Å². The van der Waals surface area contributed by atoms with Gasteiger partial charge in [0.1, 0.15) is 6.61 Å². The monoisotopic (exact) mass is 283 g/mol. The van der Waals surface area contributed by atoms with Crippen molar-refractivity contribution in [2.24, 2.45) is 0 Å². The predicted octanol–water partition coefficient (Wildman–Crippen LogP) is 0.0317. The number of nitrogens with zero attached hydrogens (tertiary/aromatic N) is 1. The molecule has 0 radical (unpaired) electrons. The van der Waals surface area contributed by atoms with Crippen LogP contribution in [0.2, 0.25) is 0 Å². The molecule has 0 fully saturated rings. The minimum Gasteiger partial charge on any atom is -0.395 e. The lowest BCUT2D eigenvalue weighted by atomic mass is 10.2.